The van der Waals surface area contributed by atoms with Crippen molar-refractivity contribution < 1.29 is 14.3 Å². The number of ether oxygens (including phenoxy) is 1. The van der Waals surface area contributed by atoms with Crippen molar-refractivity contribution in [1.82, 2.24) is 4.98 Å². The summed E-state index contributed by atoms with van der Waals surface area (Å²) in [7, 11) is 0. The highest BCUT2D eigenvalue weighted by Crippen LogP contribution is 2.23. The highest BCUT2D eigenvalue weighted by molar-refractivity contribution is 5.53. The molecule has 1 heterocycles. The largest absolute Gasteiger partial charge is 0.487 e. The number of hydrogen-bond donors (Lipinski definition) is 1. The number of aromatic nitrogens is 1. The van der Waals surface area contributed by atoms with Gasteiger partial charge in [0.2, 0.25) is 5.89 Å². The van der Waals surface area contributed by atoms with E-state index >= 15 is 0 Å². The second-order valence-electron chi connectivity index (χ2n) is 5.68. The summed E-state index contributed by atoms with van der Waals surface area (Å²) in [5, 5.41) is 8.79. The van der Waals surface area contributed by atoms with Crippen LogP contribution < -0.4 is 4.74 Å². The number of hydrogen-bond acceptors (Lipinski definition) is 4. The van der Waals surface area contributed by atoms with E-state index < -0.39 is 0 Å². The maximum Gasteiger partial charge on any atom is 0.226 e. The van der Waals surface area contributed by atoms with Crippen molar-refractivity contribution in [3.05, 3.63) is 83.8 Å². The molecule has 128 valence electrons. The van der Waals surface area contributed by atoms with Gasteiger partial charge >= 0.3 is 0 Å². The second kappa shape index (κ2) is 8.31. The quantitative estimate of drug-likeness (QED) is 0.653. The summed E-state index contributed by atoms with van der Waals surface area (Å²) in [6, 6.07) is 17.7. The molecule has 25 heavy (non-hydrogen) atoms. The molecule has 3 aromatic rings. The molecule has 0 atom stereocenters. The average Bonchev–Trinajstić information content (AvgIpc) is 3.02. The molecule has 0 radical (unpaired) electrons. The van der Waals surface area contributed by atoms with Gasteiger partial charge in [-0.3, -0.25) is 0 Å². The van der Waals surface area contributed by atoms with Crippen LogP contribution in [-0.2, 0) is 13.0 Å². The molecule has 0 bridgehead atoms. The number of aliphatic hydroxyl groups excluding tert-OH is 1. The smallest absolute Gasteiger partial charge is 0.226 e. The number of aliphatic hydroxyl groups is 1. The number of rotatable bonds is 7. The fourth-order valence-corrected chi connectivity index (χ4v) is 2.47. The third kappa shape index (κ3) is 4.58. The van der Waals surface area contributed by atoms with Crippen LogP contribution in [0, 0.1) is 6.92 Å². The van der Waals surface area contributed by atoms with Gasteiger partial charge in [0.25, 0.3) is 0 Å². The first kappa shape index (κ1) is 17.0. The van der Waals surface area contributed by atoms with Gasteiger partial charge in [0.1, 0.15) is 23.8 Å². The van der Waals surface area contributed by atoms with E-state index in [0.717, 1.165) is 34.8 Å². The van der Waals surface area contributed by atoms with Gasteiger partial charge in [-0.2, -0.15) is 0 Å². The molecule has 0 unspecified atom stereocenters. The topological polar surface area (TPSA) is 55.5 Å². The summed E-state index contributed by atoms with van der Waals surface area (Å²) >= 11 is 0. The lowest BCUT2D eigenvalue weighted by Gasteiger charge is -2.06. The van der Waals surface area contributed by atoms with Gasteiger partial charge < -0.3 is 14.3 Å². The summed E-state index contributed by atoms with van der Waals surface area (Å²) < 4.78 is 11.6. The van der Waals surface area contributed by atoms with E-state index in [1.165, 1.54) is 0 Å². The predicted molar refractivity (Wildman–Crippen MR) is 97.4 cm³/mol. The number of nitrogens with zero attached hydrogens (tertiary/aromatic N) is 1. The van der Waals surface area contributed by atoms with Gasteiger partial charge in [-0.1, -0.05) is 42.5 Å². The molecule has 0 spiro atoms. The van der Waals surface area contributed by atoms with Crippen molar-refractivity contribution in [3.63, 3.8) is 0 Å². The maximum absolute atomic E-state index is 8.79. The molecule has 1 N–H and O–H groups in total. The lowest BCUT2D eigenvalue weighted by Crippen LogP contribution is -1.98. The lowest BCUT2D eigenvalue weighted by atomic mass is 10.1. The highest BCUT2D eigenvalue weighted by atomic mass is 16.5. The zero-order valence-corrected chi connectivity index (χ0v) is 14.2. The van der Waals surface area contributed by atoms with Crippen LogP contribution in [0.3, 0.4) is 0 Å². The fourth-order valence-electron chi connectivity index (χ4n) is 2.47. The number of benzene rings is 2. The SMILES string of the molecule is Cc1oc(-c2ccccc2)nc1COc1cccc(CC=CCO)c1. The molecule has 4 nitrogen and oxygen atoms in total. The summed E-state index contributed by atoms with van der Waals surface area (Å²) in [5.74, 6) is 2.17. The van der Waals surface area contributed by atoms with Gasteiger partial charge in [-0.25, -0.2) is 4.98 Å². The molecule has 0 aliphatic rings. The average molecular weight is 335 g/mol. The minimum absolute atomic E-state index is 0.0609. The van der Waals surface area contributed by atoms with E-state index in [0.29, 0.717) is 12.5 Å². The first-order valence-electron chi connectivity index (χ1n) is 8.25. The monoisotopic (exact) mass is 335 g/mol. The van der Waals surface area contributed by atoms with E-state index in [9.17, 15) is 0 Å². The molecule has 0 saturated heterocycles. The van der Waals surface area contributed by atoms with E-state index in [-0.39, 0.29) is 6.61 Å². The Morgan fingerprint density at radius 2 is 1.92 bits per heavy atom. The van der Waals surface area contributed by atoms with Crippen molar-refractivity contribution in [2.75, 3.05) is 6.61 Å². The molecule has 4 heteroatoms. The van der Waals surface area contributed by atoms with Crippen molar-refractivity contribution >= 4 is 0 Å². The van der Waals surface area contributed by atoms with Gasteiger partial charge in [-0.15, -0.1) is 0 Å². The Bertz CT molecular complexity index is 837. The van der Waals surface area contributed by atoms with Crippen LogP contribution in [0.1, 0.15) is 17.0 Å². The molecule has 2 aromatic carbocycles. The number of allylic oxidation sites excluding steroid dienone is 1. The Hall–Kier alpha value is -2.85. The van der Waals surface area contributed by atoms with E-state index in [4.69, 9.17) is 14.3 Å². The third-order valence-electron chi connectivity index (χ3n) is 3.81. The molecule has 0 fully saturated rings. The molecule has 0 saturated carbocycles. The summed E-state index contributed by atoms with van der Waals surface area (Å²) in [5.41, 5.74) is 2.88. The summed E-state index contributed by atoms with van der Waals surface area (Å²) in [4.78, 5) is 4.55. The minimum atomic E-state index is 0.0609. The van der Waals surface area contributed by atoms with Gasteiger partial charge in [0, 0.05) is 5.56 Å². The molecule has 0 aliphatic heterocycles. The number of oxazole rings is 1. The Morgan fingerprint density at radius 3 is 2.72 bits per heavy atom. The first-order chi connectivity index (χ1) is 12.3. The van der Waals surface area contributed by atoms with Gasteiger partial charge in [0.05, 0.1) is 6.61 Å². The van der Waals surface area contributed by atoms with Crippen LogP contribution in [0.15, 0.2) is 71.2 Å². The van der Waals surface area contributed by atoms with Crippen LogP contribution in [0.4, 0.5) is 0 Å². The Morgan fingerprint density at radius 1 is 1.08 bits per heavy atom. The summed E-state index contributed by atoms with van der Waals surface area (Å²) in [6.07, 6.45) is 4.43. The standard InChI is InChI=1S/C21H21NO3/c1-16-20(22-21(25-16)18-10-3-2-4-11-18)15-24-19-12-7-9-17(14-19)8-5-6-13-23/h2-7,9-12,14,23H,8,13,15H2,1H3. The Kier molecular flexibility index (Phi) is 5.65. The molecule has 1 aromatic heterocycles. The van der Waals surface area contributed by atoms with Crippen LogP contribution >= 0.6 is 0 Å². The molecule has 0 aliphatic carbocycles. The van der Waals surface area contributed by atoms with Crippen molar-refractivity contribution in [2.24, 2.45) is 0 Å². The fraction of sp³-hybridized carbons (Fsp3) is 0.190. The highest BCUT2D eigenvalue weighted by Gasteiger charge is 2.11. The molecule has 3 rings (SSSR count). The lowest BCUT2D eigenvalue weighted by molar-refractivity contribution is 0.299. The predicted octanol–water partition coefficient (Wildman–Crippen LogP) is 4.32. The second-order valence-corrected chi connectivity index (χ2v) is 5.68. The first-order valence-corrected chi connectivity index (χ1v) is 8.25. The zero-order valence-electron chi connectivity index (χ0n) is 14.2. The third-order valence-corrected chi connectivity index (χ3v) is 3.81. The minimum Gasteiger partial charge on any atom is -0.487 e. The van der Waals surface area contributed by atoms with Crippen molar-refractivity contribution in [1.29, 1.82) is 0 Å². The Labute approximate surface area is 147 Å². The van der Waals surface area contributed by atoms with Crippen LogP contribution in [0.2, 0.25) is 0 Å². The van der Waals surface area contributed by atoms with E-state index in [2.05, 4.69) is 4.98 Å². The molecular weight excluding hydrogens is 314 g/mol. The van der Waals surface area contributed by atoms with Crippen LogP contribution in [0.5, 0.6) is 5.75 Å². The van der Waals surface area contributed by atoms with Crippen LogP contribution in [0.25, 0.3) is 11.5 Å². The molecule has 0 amide bonds. The normalized spacial score (nSPS) is 11.1. The van der Waals surface area contributed by atoms with E-state index in [1.54, 1.807) is 6.08 Å². The van der Waals surface area contributed by atoms with Crippen molar-refractivity contribution in [2.45, 2.75) is 20.0 Å². The van der Waals surface area contributed by atoms with Gasteiger partial charge in [-0.05, 0) is 43.2 Å². The van der Waals surface area contributed by atoms with Crippen LogP contribution in [-0.4, -0.2) is 16.7 Å². The molecular formula is C21H21NO3. The van der Waals surface area contributed by atoms with Crippen molar-refractivity contribution in [3.8, 4) is 17.2 Å². The zero-order chi connectivity index (χ0) is 17.5. The number of aryl methyl sites for hydroxylation is 1. The van der Waals surface area contributed by atoms with Gasteiger partial charge in [0.15, 0.2) is 0 Å². The maximum atomic E-state index is 8.79. The summed E-state index contributed by atoms with van der Waals surface area (Å²) in [6.45, 7) is 2.32. The Balaban J connectivity index is 1.67. The van der Waals surface area contributed by atoms with E-state index in [1.807, 2.05) is 67.6 Å².